The number of nitrogens with one attached hydrogen (secondary N) is 3. The molecule has 3 N–H and O–H groups in total. The molecule has 1 aliphatic heterocycles. The van der Waals surface area contributed by atoms with Gasteiger partial charge in [-0.05, 0) is 26.8 Å². The summed E-state index contributed by atoms with van der Waals surface area (Å²) >= 11 is 0. The van der Waals surface area contributed by atoms with E-state index in [1.165, 1.54) is 0 Å². The Kier molecular flexibility index (Phi) is 9.36. The average molecular weight is 545 g/mol. The lowest BCUT2D eigenvalue weighted by atomic mass is 10.1. The maximum Gasteiger partial charge on any atom is 0.433 e. The number of alkyl halides is 3. The number of nitrogens with zero attached hydrogens (tertiary/aromatic N) is 4. The van der Waals surface area contributed by atoms with E-state index >= 15 is 0 Å². The van der Waals surface area contributed by atoms with Crippen LogP contribution < -0.4 is 16.0 Å². The zero-order valence-electron chi connectivity index (χ0n) is 17.2. The number of anilines is 1. The van der Waals surface area contributed by atoms with Crippen LogP contribution >= 0.6 is 24.0 Å². The van der Waals surface area contributed by atoms with Gasteiger partial charge in [-0.15, -0.1) is 24.0 Å². The van der Waals surface area contributed by atoms with Crippen LogP contribution in [0.2, 0.25) is 0 Å². The second-order valence-electron chi connectivity index (χ2n) is 7.42. The van der Waals surface area contributed by atoms with E-state index < -0.39 is 17.5 Å². The summed E-state index contributed by atoms with van der Waals surface area (Å²) in [5.41, 5.74) is -1.54. The predicted molar refractivity (Wildman–Crippen MR) is 117 cm³/mol. The Labute approximate surface area is 190 Å². The van der Waals surface area contributed by atoms with Crippen LogP contribution in [0.25, 0.3) is 0 Å². The highest BCUT2D eigenvalue weighted by Gasteiger charge is 2.34. The molecule has 13 heteroatoms. The van der Waals surface area contributed by atoms with Gasteiger partial charge in [-0.1, -0.05) is 0 Å². The van der Waals surface area contributed by atoms with Gasteiger partial charge in [0.15, 0.2) is 5.96 Å². The fraction of sp³-hybridized carbons (Fsp3) is 0.647. The third-order valence-electron chi connectivity index (χ3n) is 3.74. The van der Waals surface area contributed by atoms with Gasteiger partial charge in [-0.25, -0.2) is 14.8 Å². The van der Waals surface area contributed by atoms with Gasteiger partial charge in [0.1, 0.15) is 11.3 Å². The fourth-order valence-corrected chi connectivity index (χ4v) is 2.39. The molecule has 2 heterocycles. The number of likely N-dealkylation sites (tertiary alicyclic amines) is 1. The van der Waals surface area contributed by atoms with Crippen molar-refractivity contribution < 1.29 is 22.7 Å². The van der Waals surface area contributed by atoms with Gasteiger partial charge in [0.25, 0.3) is 0 Å². The summed E-state index contributed by atoms with van der Waals surface area (Å²) in [6.45, 7) is 7.08. The maximum absolute atomic E-state index is 12.6. The van der Waals surface area contributed by atoms with Crippen LogP contribution in [0.5, 0.6) is 0 Å². The lowest BCUT2D eigenvalue weighted by Crippen LogP contribution is -2.63. The Hall–Kier alpha value is -2.06. The molecule has 170 valence electrons. The van der Waals surface area contributed by atoms with E-state index in [4.69, 9.17) is 4.74 Å². The van der Waals surface area contributed by atoms with Gasteiger partial charge in [0.05, 0.1) is 6.04 Å². The molecule has 1 aliphatic rings. The first-order valence-electron chi connectivity index (χ1n) is 9.07. The number of halogens is 4. The third kappa shape index (κ3) is 8.36. The molecule has 0 unspecified atom stereocenters. The fourth-order valence-electron chi connectivity index (χ4n) is 2.39. The van der Waals surface area contributed by atoms with Crippen LogP contribution in [0, 0.1) is 0 Å². The normalized spacial score (nSPS) is 15.0. The van der Waals surface area contributed by atoms with Crippen molar-refractivity contribution in [2.24, 2.45) is 4.99 Å². The first-order chi connectivity index (χ1) is 13.5. The summed E-state index contributed by atoms with van der Waals surface area (Å²) < 4.78 is 43.2. The van der Waals surface area contributed by atoms with E-state index in [9.17, 15) is 18.0 Å². The van der Waals surface area contributed by atoms with E-state index in [-0.39, 0.29) is 48.6 Å². The number of hydrogen-bond donors (Lipinski definition) is 3. The lowest BCUT2D eigenvalue weighted by molar-refractivity contribution is -0.141. The Morgan fingerprint density at radius 3 is 2.53 bits per heavy atom. The van der Waals surface area contributed by atoms with Crippen molar-refractivity contribution in [3.8, 4) is 0 Å². The van der Waals surface area contributed by atoms with Crippen molar-refractivity contribution in [1.82, 2.24) is 25.5 Å². The molecular formula is C17H27F3IN7O2. The van der Waals surface area contributed by atoms with Crippen molar-refractivity contribution in [1.29, 1.82) is 0 Å². The second-order valence-corrected chi connectivity index (χ2v) is 7.42. The molecule has 1 aromatic heterocycles. The topological polar surface area (TPSA) is 104 Å². The quantitative estimate of drug-likeness (QED) is 0.226. The molecule has 30 heavy (non-hydrogen) atoms. The number of ether oxygens (including phenoxy) is 1. The molecule has 0 aliphatic carbocycles. The summed E-state index contributed by atoms with van der Waals surface area (Å²) in [5, 5.41) is 8.91. The average Bonchev–Trinajstić information content (AvgIpc) is 2.57. The molecule has 1 saturated heterocycles. The van der Waals surface area contributed by atoms with E-state index in [1.807, 2.05) is 20.8 Å². The number of hydrogen-bond acceptors (Lipinski definition) is 6. The Morgan fingerprint density at radius 1 is 1.30 bits per heavy atom. The summed E-state index contributed by atoms with van der Waals surface area (Å²) in [4.78, 5) is 24.8. The van der Waals surface area contributed by atoms with Gasteiger partial charge < -0.3 is 25.6 Å². The van der Waals surface area contributed by atoms with Crippen molar-refractivity contribution in [3.63, 3.8) is 0 Å². The predicted octanol–water partition coefficient (Wildman–Crippen LogP) is 2.31. The molecule has 0 aromatic carbocycles. The third-order valence-corrected chi connectivity index (χ3v) is 3.74. The molecule has 0 radical (unpaired) electrons. The minimum absolute atomic E-state index is 0. The highest BCUT2D eigenvalue weighted by atomic mass is 127. The first-order valence-corrected chi connectivity index (χ1v) is 9.07. The van der Waals surface area contributed by atoms with Crippen LogP contribution in [0.15, 0.2) is 17.3 Å². The summed E-state index contributed by atoms with van der Waals surface area (Å²) in [7, 11) is 1.60. The van der Waals surface area contributed by atoms with Crippen LogP contribution in [0.3, 0.4) is 0 Å². The molecule has 0 atom stereocenters. The molecule has 1 aromatic rings. The van der Waals surface area contributed by atoms with Gasteiger partial charge >= 0.3 is 12.3 Å². The highest BCUT2D eigenvalue weighted by molar-refractivity contribution is 14.0. The van der Waals surface area contributed by atoms with Crippen LogP contribution in [0.4, 0.5) is 23.9 Å². The van der Waals surface area contributed by atoms with Gasteiger partial charge in [-0.3, -0.25) is 4.99 Å². The van der Waals surface area contributed by atoms with E-state index in [2.05, 4.69) is 30.9 Å². The zero-order chi connectivity index (χ0) is 21.7. The summed E-state index contributed by atoms with van der Waals surface area (Å²) in [6, 6.07) is 0.849. The van der Waals surface area contributed by atoms with Gasteiger partial charge in [-0.2, -0.15) is 13.2 Å². The maximum atomic E-state index is 12.6. The molecule has 1 amide bonds. The van der Waals surface area contributed by atoms with Crippen molar-refractivity contribution in [2.45, 2.75) is 38.6 Å². The Balaban J connectivity index is 0.00000450. The standard InChI is InChI=1S/C17H26F3N7O2.HI/c1-16(2,3)29-15(28)27-9-11(10-27)25-13(21-4)23-7-8-24-14-22-6-5-12(26-14)17(18,19)20;/h5-6,11H,7-10H2,1-4H3,(H2,21,23,25)(H,22,24,26);1H. The monoisotopic (exact) mass is 545 g/mol. The molecule has 2 rings (SSSR count). The molecular weight excluding hydrogens is 518 g/mol. The van der Waals surface area contributed by atoms with Crippen molar-refractivity contribution >= 4 is 42.0 Å². The van der Waals surface area contributed by atoms with Crippen LogP contribution in [-0.4, -0.2) is 71.8 Å². The smallest absolute Gasteiger partial charge is 0.433 e. The minimum atomic E-state index is -4.51. The zero-order valence-corrected chi connectivity index (χ0v) is 19.5. The number of rotatable bonds is 5. The SMILES string of the molecule is CN=C(NCCNc1nccc(C(F)(F)F)n1)NC1CN(C(=O)OC(C)(C)C)C1.I. The minimum Gasteiger partial charge on any atom is -0.444 e. The summed E-state index contributed by atoms with van der Waals surface area (Å²) in [6.07, 6.45) is -3.82. The highest BCUT2D eigenvalue weighted by Crippen LogP contribution is 2.27. The van der Waals surface area contributed by atoms with E-state index in [1.54, 1.807) is 11.9 Å². The Morgan fingerprint density at radius 2 is 1.97 bits per heavy atom. The summed E-state index contributed by atoms with van der Waals surface area (Å²) in [5.74, 6) is 0.419. The Bertz CT molecular complexity index is 735. The van der Waals surface area contributed by atoms with E-state index in [0.717, 1.165) is 12.3 Å². The number of amides is 1. The number of carbonyl (C=O) groups excluding carboxylic acids is 1. The largest absolute Gasteiger partial charge is 0.444 e. The number of guanidine groups is 1. The lowest BCUT2D eigenvalue weighted by Gasteiger charge is -2.40. The molecule has 0 spiro atoms. The molecule has 9 nitrogen and oxygen atoms in total. The van der Waals surface area contributed by atoms with Crippen molar-refractivity contribution in [3.05, 3.63) is 18.0 Å². The number of aliphatic imine (C=N–C) groups is 1. The molecule has 0 bridgehead atoms. The molecule has 0 saturated carbocycles. The molecule has 1 fully saturated rings. The van der Waals surface area contributed by atoms with Gasteiger partial charge in [0.2, 0.25) is 5.95 Å². The number of carbonyl (C=O) groups is 1. The van der Waals surface area contributed by atoms with Gasteiger partial charge in [0, 0.05) is 39.4 Å². The van der Waals surface area contributed by atoms with E-state index in [0.29, 0.717) is 25.6 Å². The van der Waals surface area contributed by atoms with Crippen molar-refractivity contribution in [2.75, 3.05) is 38.5 Å². The van der Waals surface area contributed by atoms with Crippen LogP contribution in [-0.2, 0) is 10.9 Å². The second kappa shape index (κ2) is 10.8. The van der Waals surface area contributed by atoms with Crippen LogP contribution in [0.1, 0.15) is 26.5 Å². The first kappa shape index (κ1) is 26.0. The number of aromatic nitrogens is 2.